The van der Waals surface area contributed by atoms with Gasteiger partial charge in [0.05, 0.1) is 0 Å². The quantitative estimate of drug-likeness (QED) is 0.316. The smallest absolute Gasteiger partial charge is 0.300 e. The van der Waals surface area contributed by atoms with E-state index in [1.54, 1.807) is 51.4 Å². The van der Waals surface area contributed by atoms with Gasteiger partial charge in [0.1, 0.15) is 0 Å². The maximum Gasteiger partial charge on any atom is 0.300 e. The van der Waals surface area contributed by atoms with Crippen LogP contribution in [0.3, 0.4) is 0 Å². The van der Waals surface area contributed by atoms with Crippen molar-refractivity contribution in [2.45, 2.75) is 215 Å². The summed E-state index contributed by atoms with van der Waals surface area (Å²) in [6.45, 7) is 13.1. The summed E-state index contributed by atoms with van der Waals surface area (Å²) in [7, 11) is 0. The molecule has 2 nitrogen and oxygen atoms in total. The van der Waals surface area contributed by atoms with Crippen LogP contribution >= 0.6 is 0 Å². The van der Waals surface area contributed by atoms with Crippen molar-refractivity contribution < 1.29 is 9.90 Å². The molecule has 0 heterocycles. The minimum absolute atomic E-state index is 0.833. The van der Waals surface area contributed by atoms with Gasteiger partial charge in [-0.1, -0.05) is 208 Å². The highest BCUT2D eigenvalue weighted by Gasteiger charge is 2.29. The zero-order valence-electron chi connectivity index (χ0n) is 29.0. The molecule has 6 aliphatic carbocycles. The second-order valence-corrected chi connectivity index (χ2v) is 12.2. The average Bonchev–Trinajstić information content (AvgIpc) is 3.78. The normalized spacial score (nSPS) is 27.5. The standard InChI is InChI=1S/C10H18.C9H16.C6H12.C5H10.C2H4O2.3C2H6/c1-2-6-10-8-4-3-7-9(10)5-1;1-2-5-9-7-3-6-8(9)4-1;1-2-4-6-5-3-1;1-2-4-5-3-1;1-2(3)4;3*1-2/h9-10H,1-8H2;8-9H,1-7H2;1-6H2;1-5H2;1H3,(H,3,4);3*1-2H3. The SMILES string of the molecule is C1CCC2CCCC2C1.C1CCC2CCCCC2C1.C1CCCC1.C1CCCCC1.CC.CC.CC.CC(=O)O. The maximum atomic E-state index is 9.00. The number of rotatable bonds is 0. The summed E-state index contributed by atoms with van der Waals surface area (Å²) in [5.74, 6) is 3.81. The fourth-order valence-corrected chi connectivity index (χ4v) is 7.49. The van der Waals surface area contributed by atoms with Crippen molar-refractivity contribution in [1.82, 2.24) is 0 Å². The van der Waals surface area contributed by atoms with Gasteiger partial charge in [-0.15, -0.1) is 0 Å². The summed E-state index contributed by atoms with van der Waals surface area (Å²) in [4.78, 5) is 9.00. The van der Waals surface area contributed by atoms with Gasteiger partial charge in [-0.25, -0.2) is 0 Å². The summed E-state index contributed by atoms with van der Waals surface area (Å²) in [5.41, 5.74) is 0. The van der Waals surface area contributed by atoms with Crippen LogP contribution in [0, 0.1) is 23.7 Å². The van der Waals surface area contributed by atoms with E-state index < -0.39 is 5.97 Å². The lowest BCUT2D eigenvalue weighted by atomic mass is 9.71. The molecule has 0 radical (unpaired) electrons. The molecule has 6 saturated carbocycles. The van der Waals surface area contributed by atoms with Crippen molar-refractivity contribution in [3.8, 4) is 0 Å². The van der Waals surface area contributed by atoms with E-state index in [9.17, 15) is 0 Å². The van der Waals surface area contributed by atoms with Gasteiger partial charge in [0.2, 0.25) is 0 Å². The Morgan fingerprint density at radius 1 is 0.350 bits per heavy atom. The molecule has 0 saturated heterocycles. The van der Waals surface area contributed by atoms with Crippen molar-refractivity contribution in [2.75, 3.05) is 0 Å². The van der Waals surface area contributed by atoms with Crippen LogP contribution in [0.25, 0.3) is 0 Å². The van der Waals surface area contributed by atoms with Crippen LogP contribution in [-0.4, -0.2) is 11.1 Å². The van der Waals surface area contributed by atoms with Gasteiger partial charge < -0.3 is 5.11 Å². The summed E-state index contributed by atoms with van der Waals surface area (Å²) < 4.78 is 0. The molecule has 1 N–H and O–H groups in total. The Labute approximate surface area is 254 Å². The maximum absolute atomic E-state index is 9.00. The zero-order valence-corrected chi connectivity index (χ0v) is 29.0. The summed E-state index contributed by atoms with van der Waals surface area (Å²) in [5, 5.41) is 7.42. The number of carbonyl (C=O) groups is 1. The number of carboxylic acid groups (broad SMARTS) is 1. The summed E-state index contributed by atoms with van der Waals surface area (Å²) in [6.07, 6.45) is 39.7. The molecule has 0 amide bonds. The fraction of sp³-hybridized carbons (Fsp3) is 0.974. The van der Waals surface area contributed by atoms with E-state index >= 15 is 0 Å². The second kappa shape index (κ2) is 33.0. The first-order valence-corrected chi connectivity index (χ1v) is 18.9. The van der Waals surface area contributed by atoms with Crippen molar-refractivity contribution >= 4 is 5.97 Å². The van der Waals surface area contributed by atoms with Gasteiger partial charge in [-0.05, 0) is 23.7 Å². The van der Waals surface area contributed by atoms with E-state index in [1.165, 1.54) is 127 Å². The molecule has 0 aliphatic heterocycles. The summed E-state index contributed by atoms with van der Waals surface area (Å²) >= 11 is 0. The lowest BCUT2D eigenvalue weighted by molar-refractivity contribution is -0.134. The van der Waals surface area contributed by atoms with Gasteiger partial charge >= 0.3 is 0 Å². The molecule has 0 aromatic heterocycles. The molecule has 40 heavy (non-hydrogen) atoms. The minimum atomic E-state index is -0.833. The van der Waals surface area contributed by atoms with Gasteiger partial charge in [-0.3, -0.25) is 4.79 Å². The van der Waals surface area contributed by atoms with Crippen LogP contribution in [0.5, 0.6) is 0 Å². The number of fused-ring (bicyclic) bond motifs is 2. The van der Waals surface area contributed by atoms with E-state index in [0.29, 0.717) is 0 Å². The van der Waals surface area contributed by atoms with Gasteiger partial charge in [0.15, 0.2) is 0 Å². The third-order valence-electron chi connectivity index (χ3n) is 9.43. The molecule has 0 spiro atoms. The average molecular weight is 567 g/mol. The third-order valence-corrected chi connectivity index (χ3v) is 9.43. The highest BCUT2D eigenvalue weighted by molar-refractivity contribution is 5.62. The lowest BCUT2D eigenvalue weighted by Crippen LogP contribution is -2.22. The first-order valence-electron chi connectivity index (χ1n) is 18.9. The predicted octanol–water partition coefficient (Wildman–Crippen LogP) is 13.8. The van der Waals surface area contributed by atoms with E-state index in [2.05, 4.69) is 0 Å². The number of hydrogen-bond donors (Lipinski definition) is 1. The van der Waals surface area contributed by atoms with Crippen molar-refractivity contribution in [2.24, 2.45) is 23.7 Å². The van der Waals surface area contributed by atoms with Crippen LogP contribution in [-0.2, 0) is 4.79 Å². The summed E-state index contributed by atoms with van der Waals surface area (Å²) in [6, 6.07) is 0. The Kier molecular flexibility index (Phi) is 34.3. The Hall–Kier alpha value is -0.530. The molecule has 2 heteroatoms. The van der Waals surface area contributed by atoms with Gasteiger partial charge in [0.25, 0.3) is 5.97 Å². The number of aliphatic carboxylic acids is 1. The van der Waals surface area contributed by atoms with Crippen LogP contribution in [0.1, 0.15) is 215 Å². The molecule has 6 aliphatic rings. The first-order chi connectivity index (χ1) is 19.7. The largest absolute Gasteiger partial charge is 0.481 e. The monoisotopic (exact) mass is 567 g/mol. The second-order valence-electron chi connectivity index (χ2n) is 12.2. The third kappa shape index (κ3) is 24.1. The highest BCUT2D eigenvalue weighted by atomic mass is 16.4. The molecule has 6 fully saturated rings. The van der Waals surface area contributed by atoms with E-state index in [-0.39, 0.29) is 0 Å². The number of hydrogen-bond acceptors (Lipinski definition) is 1. The van der Waals surface area contributed by atoms with E-state index in [0.717, 1.165) is 18.8 Å². The highest BCUT2D eigenvalue weighted by Crippen LogP contribution is 2.42. The molecule has 242 valence electrons. The van der Waals surface area contributed by atoms with Crippen LogP contribution in [0.2, 0.25) is 0 Å². The van der Waals surface area contributed by atoms with Crippen molar-refractivity contribution in [3.05, 3.63) is 0 Å². The van der Waals surface area contributed by atoms with Gasteiger partial charge in [0, 0.05) is 6.92 Å². The predicted molar refractivity (Wildman–Crippen MR) is 181 cm³/mol. The fourth-order valence-electron chi connectivity index (χ4n) is 7.49. The Morgan fingerprint density at radius 2 is 0.475 bits per heavy atom. The molecule has 6 rings (SSSR count). The number of carboxylic acids is 1. The van der Waals surface area contributed by atoms with Crippen molar-refractivity contribution in [3.63, 3.8) is 0 Å². The van der Waals surface area contributed by atoms with Crippen LogP contribution in [0.4, 0.5) is 0 Å². The molecular formula is C38H78O2. The van der Waals surface area contributed by atoms with Crippen molar-refractivity contribution in [1.29, 1.82) is 0 Å². The lowest BCUT2D eigenvalue weighted by Gasteiger charge is -2.35. The Balaban J connectivity index is 0. The molecule has 0 aromatic carbocycles. The van der Waals surface area contributed by atoms with Crippen LogP contribution in [0.15, 0.2) is 0 Å². The van der Waals surface area contributed by atoms with E-state index in [4.69, 9.17) is 9.90 Å². The molecule has 0 aromatic rings. The first kappa shape index (κ1) is 41.6. The zero-order chi connectivity index (χ0) is 30.3. The topological polar surface area (TPSA) is 37.3 Å². The van der Waals surface area contributed by atoms with Gasteiger partial charge in [-0.2, -0.15) is 0 Å². The molecule has 2 unspecified atom stereocenters. The van der Waals surface area contributed by atoms with Crippen LogP contribution < -0.4 is 0 Å². The molecule has 0 bridgehead atoms. The molecule has 2 atom stereocenters. The Bertz CT molecular complexity index is 419. The molecular weight excluding hydrogens is 488 g/mol. The Morgan fingerprint density at radius 3 is 0.625 bits per heavy atom. The van der Waals surface area contributed by atoms with E-state index in [1.807, 2.05) is 41.5 Å². The minimum Gasteiger partial charge on any atom is -0.481 e.